The monoisotopic (exact) mass is 1010 g/mol. The molecule has 2 aromatic rings. The summed E-state index contributed by atoms with van der Waals surface area (Å²) >= 11 is 0. The summed E-state index contributed by atoms with van der Waals surface area (Å²) in [5, 5.41) is 30.5. The highest BCUT2D eigenvalue weighted by Crippen LogP contribution is 2.26. The first-order chi connectivity index (χ1) is 35.0. The van der Waals surface area contributed by atoms with Gasteiger partial charge in [-0.2, -0.15) is 0 Å². The Hall–Kier alpha value is -6.61. The van der Waals surface area contributed by atoms with Crippen molar-refractivity contribution in [3.63, 3.8) is 0 Å². The number of hydrogen-bond donors (Lipinski definition) is 8. The number of carbonyl (C=O) groups is 9. The van der Waals surface area contributed by atoms with Crippen molar-refractivity contribution in [2.45, 2.75) is 152 Å². The zero-order valence-corrected chi connectivity index (χ0v) is 42.0. The number of aliphatic carboxylic acids is 1. The molecule has 398 valence electrons. The minimum Gasteiger partial charge on any atom is -0.508 e. The average molecular weight is 1020 g/mol. The number of phenolic OH excluding ortho intramolecular Hbond substituents is 1. The lowest BCUT2D eigenvalue weighted by Gasteiger charge is -2.33. The van der Waals surface area contributed by atoms with Gasteiger partial charge in [0, 0.05) is 32.6 Å². The number of phenols is 1. The number of likely N-dealkylation sites (tertiary alicyclic amines) is 4. The van der Waals surface area contributed by atoms with Crippen LogP contribution in [0.2, 0.25) is 0 Å². The number of nitrogens with zero attached hydrogens (tertiary/aromatic N) is 4. The molecule has 0 unspecified atom stereocenters. The highest BCUT2D eigenvalue weighted by Gasteiger charge is 2.44. The number of carboxylic acids is 1. The van der Waals surface area contributed by atoms with Gasteiger partial charge in [-0.15, -0.1) is 0 Å². The number of nitrogens with two attached hydrogens (primary N) is 2. The van der Waals surface area contributed by atoms with Crippen LogP contribution in [-0.2, 0) is 56.0 Å². The summed E-state index contributed by atoms with van der Waals surface area (Å²) in [6.07, 6.45) is 5.42. The molecular formula is C52H74N10O11. The Kier molecular flexibility index (Phi) is 20.1. The lowest BCUT2D eigenvalue weighted by Crippen LogP contribution is -2.59. The summed E-state index contributed by atoms with van der Waals surface area (Å²) in [7, 11) is 0. The largest absolute Gasteiger partial charge is 0.508 e. The third-order valence-corrected chi connectivity index (χ3v) is 14.7. The number of nitrogens with one attached hydrogen (secondary N) is 4. The summed E-state index contributed by atoms with van der Waals surface area (Å²) in [6.45, 7) is 4.59. The highest BCUT2D eigenvalue weighted by atomic mass is 16.4. The van der Waals surface area contributed by atoms with E-state index in [0.717, 1.165) is 11.1 Å². The maximum Gasteiger partial charge on any atom is 0.326 e. The summed E-state index contributed by atoms with van der Waals surface area (Å²) in [6, 6.07) is 7.54. The molecule has 10 N–H and O–H groups in total. The molecule has 4 aliphatic rings. The molecule has 9 atom stereocenters. The molecule has 2 aromatic carbocycles. The van der Waals surface area contributed by atoms with Gasteiger partial charge in [0.1, 0.15) is 48.0 Å². The molecular weight excluding hydrogens is 941 g/mol. The first kappa shape index (κ1) is 55.7. The van der Waals surface area contributed by atoms with Crippen LogP contribution in [0.4, 0.5) is 0 Å². The predicted octanol–water partition coefficient (Wildman–Crippen LogP) is 0.299. The van der Waals surface area contributed by atoms with Crippen LogP contribution in [0.3, 0.4) is 0 Å². The molecule has 73 heavy (non-hydrogen) atoms. The van der Waals surface area contributed by atoms with Gasteiger partial charge < -0.3 is 62.5 Å². The van der Waals surface area contributed by atoms with Crippen molar-refractivity contribution in [3.05, 3.63) is 65.7 Å². The van der Waals surface area contributed by atoms with E-state index >= 15 is 0 Å². The van der Waals surface area contributed by atoms with E-state index in [1.54, 1.807) is 19.1 Å². The predicted molar refractivity (Wildman–Crippen MR) is 268 cm³/mol. The minimum absolute atomic E-state index is 0.0827. The SMILES string of the molecule is CC[C@H](C)[C@H](NC(=O)[C@@H]1CCCN1C(=O)CNC(=O)[C@@H]1CCCN1C(=O)[C@H](Cc1ccccc1)NC(=O)[C@@H]1CCCN1C(=O)[C@@H](N)Cc1ccc(O)cc1)C(=O)N1CCC[C@H]1C(=O)N[C@@H](CCCCN)C(=O)O. The van der Waals surface area contributed by atoms with Crippen LogP contribution < -0.4 is 32.7 Å². The maximum atomic E-state index is 14.5. The fraction of sp³-hybridized carbons (Fsp3) is 0.596. The Balaban J connectivity index is 1.06. The zero-order valence-electron chi connectivity index (χ0n) is 42.0. The molecule has 21 nitrogen and oxygen atoms in total. The van der Waals surface area contributed by atoms with E-state index in [9.17, 15) is 53.4 Å². The molecule has 0 radical (unpaired) electrons. The summed E-state index contributed by atoms with van der Waals surface area (Å²) in [4.78, 5) is 129. The summed E-state index contributed by atoms with van der Waals surface area (Å²) in [5.74, 6) is -5.59. The molecule has 0 saturated carbocycles. The Morgan fingerprint density at radius 3 is 1.67 bits per heavy atom. The Labute approximate surface area is 426 Å². The lowest BCUT2D eigenvalue weighted by molar-refractivity contribution is -0.146. The van der Waals surface area contributed by atoms with Gasteiger partial charge in [-0.3, -0.25) is 38.4 Å². The second-order valence-corrected chi connectivity index (χ2v) is 19.8. The number of benzene rings is 2. The van der Waals surface area contributed by atoms with E-state index in [1.165, 1.54) is 31.7 Å². The number of carboxylic acid groups (broad SMARTS) is 1. The van der Waals surface area contributed by atoms with Crippen LogP contribution >= 0.6 is 0 Å². The first-order valence-corrected chi connectivity index (χ1v) is 25.9. The molecule has 4 heterocycles. The van der Waals surface area contributed by atoms with E-state index in [0.29, 0.717) is 83.7 Å². The molecule has 8 amide bonds. The molecule has 21 heteroatoms. The van der Waals surface area contributed by atoms with Crippen LogP contribution in [0.15, 0.2) is 54.6 Å². The van der Waals surface area contributed by atoms with Crippen molar-refractivity contribution in [1.82, 2.24) is 40.9 Å². The van der Waals surface area contributed by atoms with E-state index < -0.39 is 108 Å². The molecule has 0 aromatic heterocycles. The van der Waals surface area contributed by atoms with Crippen LogP contribution in [0.25, 0.3) is 0 Å². The third kappa shape index (κ3) is 14.3. The quantitative estimate of drug-likeness (QED) is 0.0696. The zero-order chi connectivity index (χ0) is 52.8. The number of carbonyl (C=O) groups excluding carboxylic acids is 8. The Morgan fingerprint density at radius 1 is 0.616 bits per heavy atom. The fourth-order valence-electron chi connectivity index (χ4n) is 10.5. The van der Waals surface area contributed by atoms with Gasteiger partial charge in [-0.05, 0) is 113 Å². The van der Waals surface area contributed by atoms with Crippen molar-refractivity contribution in [2.24, 2.45) is 17.4 Å². The van der Waals surface area contributed by atoms with Gasteiger partial charge in [0.25, 0.3) is 0 Å². The molecule has 4 saturated heterocycles. The highest BCUT2D eigenvalue weighted by molar-refractivity contribution is 5.98. The average Bonchev–Trinajstić information content (AvgIpc) is 4.25. The van der Waals surface area contributed by atoms with E-state index in [2.05, 4.69) is 21.3 Å². The number of aromatic hydroxyl groups is 1. The van der Waals surface area contributed by atoms with E-state index in [4.69, 9.17) is 11.5 Å². The van der Waals surface area contributed by atoms with Gasteiger partial charge >= 0.3 is 5.97 Å². The van der Waals surface area contributed by atoms with Crippen LogP contribution in [0.5, 0.6) is 5.75 Å². The molecule has 0 bridgehead atoms. The molecule has 4 aliphatic heterocycles. The van der Waals surface area contributed by atoms with Crippen molar-refractivity contribution in [3.8, 4) is 5.75 Å². The Morgan fingerprint density at radius 2 is 1.11 bits per heavy atom. The number of rotatable bonds is 23. The van der Waals surface area contributed by atoms with Gasteiger partial charge in [0.2, 0.25) is 47.3 Å². The van der Waals surface area contributed by atoms with Crippen molar-refractivity contribution in [2.75, 3.05) is 39.3 Å². The minimum atomic E-state index is -1.18. The van der Waals surface area contributed by atoms with Crippen molar-refractivity contribution < 1.29 is 53.4 Å². The molecule has 0 aliphatic carbocycles. The fourth-order valence-corrected chi connectivity index (χ4v) is 10.5. The standard InChI is InChI=1S/C52H74N10O11/c1-3-32(2)44(51(71)62-28-12-19-42(62)46(66)56-37(52(72)73)15-7-8-24-53)58-48(68)40-17-9-25-59(40)43(64)31-55-45(65)39-16-10-27-61(39)50(70)38(30-33-13-5-4-6-14-33)57-47(67)41-18-11-26-60(41)49(69)36(54)29-34-20-22-35(63)23-21-34/h4-6,13-14,20-23,32,36-42,44,63H,3,7-12,15-19,24-31,53-54H2,1-2H3,(H,55,65)(H,56,66)(H,57,67)(H,58,68)(H,72,73)/t32-,36-,37-,38-,39-,40-,41-,42-,44-/m0/s1. The maximum absolute atomic E-state index is 14.5. The van der Waals surface area contributed by atoms with Gasteiger partial charge in [-0.25, -0.2) is 4.79 Å². The molecule has 4 fully saturated rings. The number of hydrogen-bond acceptors (Lipinski definition) is 12. The van der Waals surface area contributed by atoms with Gasteiger partial charge in [0.15, 0.2) is 0 Å². The van der Waals surface area contributed by atoms with E-state index in [-0.39, 0.29) is 50.6 Å². The third-order valence-electron chi connectivity index (χ3n) is 14.7. The summed E-state index contributed by atoms with van der Waals surface area (Å²) < 4.78 is 0. The number of amides is 8. The topological polar surface area (TPSA) is 307 Å². The second kappa shape index (κ2) is 26.4. The lowest BCUT2D eigenvalue weighted by atomic mass is 9.96. The van der Waals surface area contributed by atoms with Crippen LogP contribution in [0.1, 0.15) is 102 Å². The van der Waals surface area contributed by atoms with Gasteiger partial charge in [0.05, 0.1) is 12.6 Å². The second-order valence-electron chi connectivity index (χ2n) is 19.8. The molecule has 6 rings (SSSR count). The smallest absolute Gasteiger partial charge is 0.326 e. The van der Waals surface area contributed by atoms with Gasteiger partial charge in [-0.1, -0.05) is 62.7 Å². The molecule has 0 spiro atoms. The van der Waals surface area contributed by atoms with Crippen molar-refractivity contribution in [1.29, 1.82) is 0 Å². The van der Waals surface area contributed by atoms with E-state index in [1.807, 2.05) is 37.3 Å². The Bertz CT molecular complexity index is 2290. The van der Waals surface area contributed by atoms with Crippen LogP contribution in [0, 0.1) is 5.92 Å². The first-order valence-electron chi connectivity index (χ1n) is 25.9. The van der Waals surface area contributed by atoms with Crippen LogP contribution in [-0.4, -0.2) is 171 Å². The normalized spacial score (nSPS) is 21.7. The van der Waals surface area contributed by atoms with Crippen molar-refractivity contribution >= 4 is 53.2 Å². The number of unbranched alkanes of at least 4 members (excludes halogenated alkanes) is 1. The summed E-state index contributed by atoms with van der Waals surface area (Å²) in [5.41, 5.74) is 13.4.